The summed E-state index contributed by atoms with van der Waals surface area (Å²) in [4.78, 5) is 9.11. The zero-order chi connectivity index (χ0) is 13.1. The zero-order valence-electron chi connectivity index (χ0n) is 11.1. The zero-order valence-corrected chi connectivity index (χ0v) is 12.7. The molecule has 1 aliphatic rings. The SMILES string of the molecule is CCN1CCCC1CN(C)c1ncc(Br)cc1N. The lowest BCUT2D eigenvalue weighted by Crippen LogP contribution is -2.39. The number of hydrogen-bond donors (Lipinski definition) is 1. The van der Waals surface area contributed by atoms with E-state index in [9.17, 15) is 0 Å². The predicted octanol–water partition coefficient (Wildman–Crippen LogP) is 2.35. The minimum atomic E-state index is 0.629. The highest BCUT2D eigenvalue weighted by atomic mass is 79.9. The third-order valence-electron chi connectivity index (χ3n) is 3.61. The number of halogens is 1. The number of likely N-dealkylation sites (N-methyl/N-ethyl adjacent to an activating group) is 2. The Hall–Kier alpha value is -0.810. The van der Waals surface area contributed by atoms with Gasteiger partial charge in [0.05, 0.1) is 5.69 Å². The molecule has 0 spiro atoms. The van der Waals surface area contributed by atoms with Gasteiger partial charge in [-0.1, -0.05) is 6.92 Å². The summed E-state index contributed by atoms with van der Waals surface area (Å²) < 4.78 is 0.924. The molecule has 0 aliphatic carbocycles. The van der Waals surface area contributed by atoms with Crippen molar-refractivity contribution in [1.29, 1.82) is 0 Å². The first-order valence-electron chi connectivity index (χ1n) is 6.48. The quantitative estimate of drug-likeness (QED) is 0.927. The van der Waals surface area contributed by atoms with E-state index in [4.69, 9.17) is 5.73 Å². The summed E-state index contributed by atoms with van der Waals surface area (Å²) >= 11 is 3.39. The van der Waals surface area contributed by atoms with E-state index in [2.05, 4.69) is 44.7 Å². The van der Waals surface area contributed by atoms with Crippen LogP contribution in [0.25, 0.3) is 0 Å². The van der Waals surface area contributed by atoms with E-state index in [1.807, 2.05) is 6.07 Å². The molecule has 0 saturated carbocycles. The minimum absolute atomic E-state index is 0.629. The summed E-state index contributed by atoms with van der Waals surface area (Å²) in [7, 11) is 2.07. The average molecular weight is 313 g/mol. The molecule has 0 amide bonds. The van der Waals surface area contributed by atoms with Gasteiger partial charge in [0.25, 0.3) is 0 Å². The lowest BCUT2D eigenvalue weighted by Gasteiger charge is -2.28. The van der Waals surface area contributed by atoms with Gasteiger partial charge in [-0.2, -0.15) is 0 Å². The van der Waals surface area contributed by atoms with Crippen molar-refractivity contribution >= 4 is 27.4 Å². The number of aromatic nitrogens is 1. The number of pyridine rings is 1. The molecule has 0 bridgehead atoms. The van der Waals surface area contributed by atoms with Gasteiger partial charge in [0.15, 0.2) is 5.82 Å². The summed E-state index contributed by atoms with van der Waals surface area (Å²) in [5.41, 5.74) is 6.75. The van der Waals surface area contributed by atoms with Crippen LogP contribution in [0, 0.1) is 0 Å². The Morgan fingerprint density at radius 3 is 3.06 bits per heavy atom. The molecule has 1 aromatic heterocycles. The fourth-order valence-electron chi connectivity index (χ4n) is 2.69. The fourth-order valence-corrected chi connectivity index (χ4v) is 3.04. The summed E-state index contributed by atoms with van der Waals surface area (Å²) in [6.45, 7) is 5.57. The molecule has 2 heterocycles. The number of nitrogens with two attached hydrogens (primary N) is 1. The highest BCUT2D eigenvalue weighted by Crippen LogP contribution is 2.25. The van der Waals surface area contributed by atoms with Gasteiger partial charge in [-0.05, 0) is 47.9 Å². The fraction of sp³-hybridized carbons (Fsp3) is 0.615. The molecule has 5 heteroatoms. The van der Waals surface area contributed by atoms with Crippen LogP contribution in [-0.2, 0) is 0 Å². The first-order chi connectivity index (χ1) is 8.61. The molecule has 2 rings (SSSR count). The largest absolute Gasteiger partial charge is 0.396 e. The van der Waals surface area contributed by atoms with Crippen molar-refractivity contribution in [1.82, 2.24) is 9.88 Å². The number of rotatable bonds is 4. The maximum Gasteiger partial charge on any atom is 0.151 e. The second-order valence-corrected chi connectivity index (χ2v) is 5.79. The Balaban J connectivity index is 2.05. The van der Waals surface area contributed by atoms with Crippen molar-refractivity contribution in [2.75, 3.05) is 37.3 Å². The molecular formula is C13H21BrN4. The molecule has 1 aliphatic heterocycles. The molecule has 18 heavy (non-hydrogen) atoms. The number of nitrogen functional groups attached to an aromatic ring is 1. The monoisotopic (exact) mass is 312 g/mol. The molecule has 1 saturated heterocycles. The number of hydrogen-bond acceptors (Lipinski definition) is 4. The van der Waals surface area contributed by atoms with Crippen molar-refractivity contribution in [3.05, 3.63) is 16.7 Å². The van der Waals surface area contributed by atoms with Gasteiger partial charge in [0.2, 0.25) is 0 Å². The van der Waals surface area contributed by atoms with Gasteiger partial charge in [-0.15, -0.1) is 0 Å². The second-order valence-electron chi connectivity index (χ2n) is 4.87. The van der Waals surface area contributed by atoms with Crippen LogP contribution in [0.15, 0.2) is 16.7 Å². The first-order valence-corrected chi connectivity index (χ1v) is 7.27. The van der Waals surface area contributed by atoms with Gasteiger partial charge >= 0.3 is 0 Å². The highest BCUT2D eigenvalue weighted by Gasteiger charge is 2.24. The minimum Gasteiger partial charge on any atom is -0.396 e. The van der Waals surface area contributed by atoms with E-state index < -0.39 is 0 Å². The molecule has 1 fully saturated rings. The Bertz CT molecular complexity index is 410. The Kier molecular flexibility index (Phi) is 4.45. The van der Waals surface area contributed by atoms with Gasteiger partial charge in [-0.25, -0.2) is 4.98 Å². The van der Waals surface area contributed by atoms with Gasteiger partial charge < -0.3 is 10.6 Å². The molecule has 2 N–H and O–H groups in total. The van der Waals surface area contributed by atoms with Gasteiger partial charge in [0.1, 0.15) is 0 Å². The van der Waals surface area contributed by atoms with Crippen molar-refractivity contribution in [3.63, 3.8) is 0 Å². The van der Waals surface area contributed by atoms with E-state index in [1.165, 1.54) is 19.4 Å². The van der Waals surface area contributed by atoms with Crippen LogP contribution in [0.5, 0.6) is 0 Å². The summed E-state index contributed by atoms with van der Waals surface area (Å²) in [5.74, 6) is 0.876. The lowest BCUT2D eigenvalue weighted by atomic mass is 10.2. The van der Waals surface area contributed by atoms with Crippen molar-refractivity contribution in [2.45, 2.75) is 25.8 Å². The molecule has 4 nitrogen and oxygen atoms in total. The van der Waals surface area contributed by atoms with Crippen LogP contribution in [-0.4, -0.2) is 42.6 Å². The summed E-state index contributed by atoms with van der Waals surface area (Å²) in [6.07, 6.45) is 4.37. The molecule has 100 valence electrons. The van der Waals surface area contributed by atoms with Crippen molar-refractivity contribution in [3.8, 4) is 0 Å². The van der Waals surface area contributed by atoms with E-state index in [1.54, 1.807) is 6.20 Å². The maximum absolute atomic E-state index is 6.02. The topological polar surface area (TPSA) is 45.4 Å². The molecule has 1 atom stereocenters. The van der Waals surface area contributed by atoms with Crippen LogP contribution in [0.3, 0.4) is 0 Å². The van der Waals surface area contributed by atoms with Crippen LogP contribution in [0.2, 0.25) is 0 Å². The summed E-state index contributed by atoms with van der Waals surface area (Å²) in [5, 5.41) is 0. The van der Waals surface area contributed by atoms with E-state index in [-0.39, 0.29) is 0 Å². The molecular weight excluding hydrogens is 292 g/mol. The summed E-state index contributed by atoms with van der Waals surface area (Å²) in [6, 6.07) is 2.54. The third-order valence-corrected chi connectivity index (χ3v) is 4.05. The van der Waals surface area contributed by atoms with E-state index in [0.29, 0.717) is 6.04 Å². The van der Waals surface area contributed by atoms with Crippen LogP contribution >= 0.6 is 15.9 Å². The van der Waals surface area contributed by atoms with Gasteiger partial charge in [0, 0.05) is 30.3 Å². The molecule has 0 aromatic carbocycles. The number of anilines is 2. The number of likely N-dealkylation sites (tertiary alicyclic amines) is 1. The molecule has 1 unspecified atom stereocenters. The maximum atomic E-state index is 6.02. The Morgan fingerprint density at radius 1 is 1.61 bits per heavy atom. The Morgan fingerprint density at radius 2 is 2.39 bits per heavy atom. The molecule has 1 aromatic rings. The third kappa shape index (κ3) is 2.95. The van der Waals surface area contributed by atoms with Crippen LogP contribution < -0.4 is 10.6 Å². The van der Waals surface area contributed by atoms with Crippen molar-refractivity contribution < 1.29 is 0 Å². The molecule has 0 radical (unpaired) electrons. The average Bonchev–Trinajstić information content (AvgIpc) is 2.76. The van der Waals surface area contributed by atoms with E-state index >= 15 is 0 Å². The van der Waals surface area contributed by atoms with E-state index in [0.717, 1.165) is 29.1 Å². The standard InChI is InChI=1S/C13H21BrN4/c1-3-18-6-4-5-11(18)9-17(2)13-12(15)7-10(14)8-16-13/h7-8,11H,3-6,9,15H2,1-2H3. The van der Waals surface area contributed by atoms with Gasteiger partial charge in [-0.3, -0.25) is 4.90 Å². The Labute approximate surface area is 117 Å². The second kappa shape index (κ2) is 5.89. The van der Waals surface area contributed by atoms with Crippen molar-refractivity contribution in [2.24, 2.45) is 0 Å². The predicted molar refractivity (Wildman–Crippen MR) is 79.9 cm³/mol. The smallest absolute Gasteiger partial charge is 0.151 e. The highest BCUT2D eigenvalue weighted by molar-refractivity contribution is 9.10. The van der Waals surface area contributed by atoms with Crippen LogP contribution in [0.1, 0.15) is 19.8 Å². The lowest BCUT2D eigenvalue weighted by molar-refractivity contribution is 0.270. The normalized spacial score (nSPS) is 20.3. The first kappa shape index (κ1) is 13.6. The number of nitrogens with zero attached hydrogens (tertiary/aromatic N) is 3. The van der Waals surface area contributed by atoms with Crippen LogP contribution in [0.4, 0.5) is 11.5 Å².